The van der Waals surface area contributed by atoms with E-state index < -0.39 is 34.4 Å². The molecule has 7 nitrogen and oxygen atoms in total. The first-order valence-electron chi connectivity index (χ1n) is 7.20. The third-order valence-electron chi connectivity index (χ3n) is 3.32. The number of anilines is 2. The van der Waals surface area contributed by atoms with E-state index in [1.807, 2.05) is 0 Å². The normalized spacial score (nSPS) is 11.9. The molecule has 0 aromatic heterocycles. The number of rotatable bonds is 6. The fourth-order valence-electron chi connectivity index (χ4n) is 1.99. The van der Waals surface area contributed by atoms with Crippen LogP contribution in [0.5, 0.6) is 5.75 Å². The minimum absolute atomic E-state index is 0. The average molecular weight is 394 g/mol. The maximum atomic E-state index is 12.7. The van der Waals surface area contributed by atoms with Crippen molar-refractivity contribution in [3.05, 3.63) is 58.1 Å². The number of nitro benzene ring substituents is 1. The second-order valence-electron chi connectivity index (χ2n) is 5.23. The van der Waals surface area contributed by atoms with Crippen molar-refractivity contribution < 1.29 is 63.7 Å². The quantitative estimate of drug-likeness (QED) is 0.436. The summed E-state index contributed by atoms with van der Waals surface area (Å²) in [4.78, 5) is 20.9. The Morgan fingerprint density at radius 1 is 1.26 bits per heavy atom. The molecule has 1 atom stereocenters. The van der Waals surface area contributed by atoms with Crippen LogP contribution in [0.4, 0.5) is 30.2 Å². The third-order valence-corrected chi connectivity index (χ3v) is 3.32. The molecule has 140 valence electrons. The average Bonchev–Trinajstić information content (AvgIpc) is 2.55. The smallest absolute Gasteiger partial charge is 1.00 e. The first kappa shape index (κ1) is 22.7. The molecule has 2 N–H and O–H groups in total. The molecule has 0 saturated carbocycles. The minimum Gasteiger partial charge on any atom is -1.00 e. The van der Waals surface area contributed by atoms with Crippen molar-refractivity contribution in [1.82, 2.24) is 0 Å². The minimum atomic E-state index is -4.69. The molecule has 0 radical (unpaired) electrons. The van der Waals surface area contributed by atoms with E-state index >= 15 is 0 Å². The summed E-state index contributed by atoms with van der Waals surface area (Å²) in [6, 6.07) is 7.92. The molecule has 11 heteroatoms. The summed E-state index contributed by atoms with van der Waals surface area (Å²) in [6.07, 6.45) is -5.76. The fourth-order valence-corrected chi connectivity index (χ4v) is 1.99. The molecule has 27 heavy (non-hydrogen) atoms. The number of nitrogens with one attached hydrogen (secondary N) is 1. The van der Waals surface area contributed by atoms with E-state index in [0.717, 1.165) is 12.1 Å². The molecule has 2 aromatic rings. The number of benzene rings is 2. The molecule has 2 rings (SSSR count). The number of nitrogens with zero attached hydrogens (tertiary/aromatic N) is 1. The molecule has 0 heterocycles. The summed E-state index contributed by atoms with van der Waals surface area (Å²) in [5.74, 6) is -0.889. The van der Waals surface area contributed by atoms with Crippen LogP contribution in [0.25, 0.3) is 0 Å². The molecule has 1 unspecified atom stereocenters. The van der Waals surface area contributed by atoms with Crippen LogP contribution in [0.1, 0.15) is 13.9 Å². The summed E-state index contributed by atoms with van der Waals surface area (Å²) in [5.41, 5.74) is -1.61. The van der Waals surface area contributed by atoms with Crippen LogP contribution < -0.4 is 39.6 Å². The van der Waals surface area contributed by atoms with Crippen molar-refractivity contribution in [1.29, 1.82) is 0 Å². The molecule has 0 aliphatic carbocycles. The Labute approximate surface area is 175 Å². The maximum absolute atomic E-state index is 12.7. The van der Waals surface area contributed by atoms with Crippen LogP contribution in [0.3, 0.4) is 0 Å². The second-order valence-corrected chi connectivity index (χ2v) is 5.23. The zero-order valence-electron chi connectivity index (χ0n) is 15.3. The Balaban J connectivity index is 0.00000364. The molecule has 2 aromatic carbocycles. The van der Waals surface area contributed by atoms with Gasteiger partial charge < -0.3 is 16.6 Å². The van der Waals surface area contributed by atoms with Gasteiger partial charge in [0, 0.05) is 11.8 Å². The summed E-state index contributed by atoms with van der Waals surface area (Å²) < 4.78 is 43.2. The SMILES string of the molecule is CC(Oc1ccc(Nc2ccc(C(F)(F)F)cc2[N+](=O)[O-])cc1)C(=O)O.[H-].[Na+]. The van der Waals surface area contributed by atoms with E-state index in [2.05, 4.69) is 5.32 Å². The van der Waals surface area contributed by atoms with E-state index in [-0.39, 0.29) is 42.4 Å². The molecule has 0 spiro atoms. The molecule has 0 amide bonds. The van der Waals surface area contributed by atoms with E-state index in [1.165, 1.54) is 31.2 Å². The molecule has 0 bridgehead atoms. The van der Waals surface area contributed by atoms with Gasteiger partial charge in [-0.15, -0.1) is 0 Å². The van der Waals surface area contributed by atoms with Crippen LogP contribution >= 0.6 is 0 Å². The zero-order chi connectivity index (χ0) is 19.5. The standard InChI is InChI=1S/C16H13F3N2O5.Na.H/c1-9(15(22)23)26-12-5-3-11(4-6-12)20-13-7-2-10(16(17,18)19)8-14(13)21(24)25;;/h2-9,20H,1H3,(H,22,23);;/q;+1;-1. The number of hydrogen-bond donors (Lipinski definition) is 2. The summed E-state index contributed by atoms with van der Waals surface area (Å²) in [7, 11) is 0. The first-order chi connectivity index (χ1) is 12.1. The van der Waals surface area contributed by atoms with Crippen LogP contribution in [-0.2, 0) is 11.0 Å². The van der Waals surface area contributed by atoms with Crippen molar-refractivity contribution >= 4 is 23.0 Å². The number of carboxylic acid groups (broad SMARTS) is 1. The van der Waals surface area contributed by atoms with Crippen LogP contribution in [0.2, 0.25) is 0 Å². The van der Waals surface area contributed by atoms with Gasteiger partial charge in [-0.3, -0.25) is 10.1 Å². The van der Waals surface area contributed by atoms with Gasteiger partial charge in [0.15, 0.2) is 6.10 Å². The van der Waals surface area contributed by atoms with Crippen molar-refractivity contribution in [2.75, 3.05) is 5.32 Å². The van der Waals surface area contributed by atoms with Gasteiger partial charge in [0.05, 0.1) is 10.5 Å². The van der Waals surface area contributed by atoms with Gasteiger partial charge in [-0.05, 0) is 43.3 Å². The Bertz CT molecular complexity index is 834. The molecule has 0 aliphatic heterocycles. The summed E-state index contributed by atoms with van der Waals surface area (Å²) in [6.45, 7) is 1.35. The van der Waals surface area contributed by atoms with Crippen molar-refractivity contribution in [3.8, 4) is 5.75 Å². The van der Waals surface area contributed by atoms with Gasteiger partial charge in [-0.25, -0.2) is 4.79 Å². The van der Waals surface area contributed by atoms with Gasteiger partial charge in [-0.2, -0.15) is 13.2 Å². The van der Waals surface area contributed by atoms with Crippen molar-refractivity contribution in [2.45, 2.75) is 19.2 Å². The number of ether oxygens (including phenoxy) is 1. The number of carboxylic acids is 1. The van der Waals surface area contributed by atoms with E-state index in [1.54, 1.807) is 0 Å². The Morgan fingerprint density at radius 3 is 2.33 bits per heavy atom. The fraction of sp³-hybridized carbons (Fsp3) is 0.188. The number of nitro groups is 1. The van der Waals surface area contributed by atoms with Crippen LogP contribution in [-0.4, -0.2) is 22.1 Å². The number of carbonyl (C=O) groups is 1. The van der Waals surface area contributed by atoms with Crippen molar-refractivity contribution in [3.63, 3.8) is 0 Å². The van der Waals surface area contributed by atoms with E-state index in [0.29, 0.717) is 11.8 Å². The van der Waals surface area contributed by atoms with E-state index in [9.17, 15) is 28.1 Å². The van der Waals surface area contributed by atoms with Gasteiger partial charge in [-0.1, -0.05) is 0 Å². The maximum Gasteiger partial charge on any atom is 1.00 e. The summed E-state index contributed by atoms with van der Waals surface area (Å²) in [5, 5.41) is 22.5. The topological polar surface area (TPSA) is 102 Å². The predicted octanol–water partition coefficient (Wildman–Crippen LogP) is 1.33. The Hall–Kier alpha value is -2.30. The predicted molar refractivity (Wildman–Crippen MR) is 86.7 cm³/mol. The number of alkyl halides is 3. The first-order valence-corrected chi connectivity index (χ1v) is 7.20. The number of aliphatic carboxylic acids is 1. The third kappa shape index (κ3) is 6.12. The molecule has 0 saturated heterocycles. The van der Waals surface area contributed by atoms with Gasteiger partial charge in [0.2, 0.25) is 0 Å². The van der Waals surface area contributed by atoms with Crippen LogP contribution in [0.15, 0.2) is 42.5 Å². The van der Waals surface area contributed by atoms with E-state index in [4.69, 9.17) is 9.84 Å². The molecule has 0 aliphatic rings. The molecule has 0 fully saturated rings. The zero-order valence-corrected chi connectivity index (χ0v) is 16.3. The number of halogens is 3. The Kier molecular flexibility index (Phi) is 7.64. The van der Waals surface area contributed by atoms with Crippen molar-refractivity contribution in [2.24, 2.45) is 0 Å². The molecular weight excluding hydrogens is 380 g/mol. The second kappa shape index (κ2) is 9.07. The Morgan fingerprint density at radius 2 is 1.85 bits per heavy atom. The van der Waals surface area contributed by atoms with Gasteiger partial charge >= 0.3 is 41.7 Å². The number of hydrogen-bond acceptors (Lipinski definition) is 5. The summed E-state index contributed by atoms with van der Waals surface area (Å²) >= 11 is 0. The largest absolute Gasteiger partial charge is 1.00 e. The van der Waals surface area contributed by atoms with Gasteiger partial charge in [0.25, 0.3) is 5.69 Å². The van der Waals surface area contributed by atoms with Gasteiger partial charge in [0.1, 0.15) is 11.4 Å². The monoisotopic (exact) mass is 394 g/mol. The molecular formula is C16H14F3N2NaO5. The van der Waals surface area contributed by atoms with Crippen LogP contribution in [0, 0.1) is 10.1 Å².